The maximum Gasteiger partial charge on any atom is 0.226 e. The van der Waals surface area contributed by atoms with Crippen molar-refractivity contribution < 1.29 is 4.79 Å². The van der Waals surface area contributed by atoms with Crippen LogP contribution in [0.4, 0.5) is 17.1 Å². The van der Waals surface area contributed by atoms with Crippen LogP contribution in [0.3, 0.4) is 0 Å². The number of nitrogens with one attached hydrogen (secondary N) is 2. The van der Waals surface area contributed by atoms with E-state index in [9.17, 15) is 4.79 Å². The molecular weight excluding hydrogens is 576 g/mol. The van der Waals surface area contributed by atoms with Gasteiger partial charge in [0.25, 0.3) is 0 Å². The summed E-state index contributed by atoms with van der Waals surface area (Å²) in [5.41, 5.74) is 8.04. The molecule has 2 N–H and O–H groups in total. The van der Waals surface area contributed by atoms with Gasteiger partial charge in [0.15, 0.2) is 5.11 Å². The molecule has 5 rings (SSSR count). The molecule has 0 radical (unpaired) electrons. The predicted octanol–water partition coefficient (Wildman–Crippen LogP) is 7.76. The van der Waals surface area contributed by atoms with Gasteiger partial charge in [-0.1, -0.05) is 31.5 Å². The van der Waals surface area contributed by atoms with Crippen molar-refractivity contribution in [3.05, 3.63) is 101 Å². The Bertz CT molecular complexity index is 1610. The molecule has 4 aromatic rings. The molecule has 1 fully saturated rings. The lowest BCUT2D eigenvalue weighted by Gasteiger charge is -2.28. The van der Waals surface area contributed by atoms with Crippen LogP contribution in [0.15, 0.2) is 72.9 Å². The average molecular weight is 615 g/mol. The zero-order chi connectivity index (χ0) is 30.8. The van der Waals surface area contributed by atoms with Crippen molar-refractivity contribution >= 4 is 51.9 Å². The second kappa shape index (κ2) is 12.8. The van der Waals surface area contributed by atoms with Crippen LogP contribution in [-0.2, 0) is 4.79 Å². The molecule has 1 amide bonds. The Morgan fingerprint density at radius 2 is 1.74 bits per heavy atom. The van der Waals surface area contributed by atoms with Crippen LogP contribution in [0.25, 0.3) is 5.69 Å². The highest BCUT2D eigenvalue weighted by Gasteiger charge is 2.42. The van der Waals surface area contributed by atoms with Crippen molar-refractivity contribution in [2.24, 2.45) is 5.92 Å². The average Bonchev–Trinajstić information content (AvgIpc) is 3.50. The molecule has 0 unspecified atom stereocenters. The first kappa shape index (κ1) is 30.6. The Labute approximate surface area is 264 Å². The van der Waals surface area contributed by atoms with Crippen molar-refractivity contribution in [1.29, 1.82) is 0 Å². The van der Waals surface area contributed by atoms with Gasteiger partial charge in [-0.3, -0.25) is 9.78 Å². The number of pyridine rings is 1. The van der Waals surface area contributed by atoms with Gasteiger partial charge in [0, 0.05) is 53.7 Å². The van der Waals surface area contributed by atoms with E-state index in [1.165, 1.54) is 5.69 Å². The number of benzene rings is 2. The largest absolute Gasteiger partial charge is 0.372 e. The number of halogens is 1. The molecule has 2 aromatic carbocycles. The maximum absolute atomic E-state index is 12.3. The Hall–Kier alpha value is -3.88. The normalized spacial score (nSPS) is 16.5. The summed E-state index contributed by atoms with van der Waals surface area (Å²) in [6.07, 6.45) is 1.81. The Morgan fingerprint density at radius 3 is 2.35 bits per heavy atom. The molecule has 224 valence electrons. The number of amides is 1. The molecule has 1 saturated heterocycles. The molecule has 9 heteroatoms. The monoisotopic (exact) mass is 614 g/mol. The molecule has 0 spiro atoms. The Morgan fingerprint density at radius 1 is 1.05 bits per heavy atom. The zero-order valence-corrected chi connectivity index (χ0v) is 27.1. The molecule has 0 aliphatic carbocycles. The van der Waals surface area contributed by atoms with E-state index >= 15 is 0 Å². The molecule has 43 heavy (non-hydrogen) atoms. The highest BCUT2D eigenvalue weighted by molar-refractivity contribution is 7.80. The van der Waals surface area contributed by atoms with E-state index in [0.29, 0.717) is 15.8 Å². The SMILES string of the molecule is CCN(CC)c1ccc(-n2c(C)cc([C@H]3[C@H](c4ccccn4)NC(=S)N3c3ccc(NC(=O)C(C)C)c(Cl)c3)c2C)cc1. The van der Waals surface area contributed by atoms with E-state index in [-0.39, 0.29) is 23.9 Å². The van der Waals surface area contributed by atoms with E-state index in [0.717, 1.165) is 47.1 Å². The Balaban J connectivity index is 1.58. The van der Waals surface area contributed by atoms with Crippen LogP contribution in [0, 0.1) is 19.8 Å². The van der Waals surface area contributed by atoms with Crippen LogP contribution in [0.2, 0.25) is 5.02 Å². The lowest BCUT2D eigenvalue weighted by molar-refractivity contribution is -0.118. The van der Waals surface area contributed by atoms with Gasteiger partial charge in [-0.05, 0) is 106 Å². The summed E-state index contributed by atoms with van der Waals surface area (Å²) in [6, 6.07) is 22.2. The highest BCUT2D eigenvalue weighted by Crippen LogP contribution is 2.44. The van der Waals surface area contributed by atoms with Crippen molar-refractivity contribution in [3.63, 3.8) is 0 Å². The summed E-state index contributed by atoms with van der Waals surface area (Å²) in [4.78, 5) is 21.5. The predicted molar refractivity (Wildman–Crippen MR) is 182 cm³/mol. The number of nitrogens with zero attached hydrogens (tertiary/aromatic N) is 4. The number of hydrogen-bond donors (Lipinski definition) is 2. The van der Waals surface area contributed by atoms with Crippen LogP contribution in [0.5, 0.6) is 0 Å². The summed E-state index contributed by atoms with van der Waals surface area (Å²) in [7, 11) is 0. The summed E-state index contributed by atoms with van der Waals surface area (Å²) in [5, 5.41) is 7.50. The highest BCUT2D eigenvalue weighted by atomic mass is 35.5. The quantitative estimate of drug-likeness (QED) is 0.188. The van der Waals surface area contributed by atoms with E-state index < -0.39 is 0 Å². The van der Waals surface area contributed by atoms with Crippen molar-refractivity contribution in [1.82, 2.24) is 14.9 Å². The zero-order valence-electron chi connectivity index (χ0n) is 25.6. The maximum atomic E-state index is 12.3. The van der Waals surface area contributed by atoms with Gasteiger partial charge in [-0.25, -0.2) is 0 Å². The fourth-order valence-corrected chi connectivity index (χ4v) is 6.43. The molecule has 0 bridgehead atoms. The molecule has 3 heterocycles. The third-order valence-corrected chi connectivity index (χ3v) is 8.76. The van der Waals surface area contributed by atoms with Crippen LogP contribution < -0.4 is 20.4 Å². The molecule has 1 aliphatic rings. The van der Waals surface area contributed by atoms with Crippen molar-refractivity contribution in [2.45, 2.75) is 53.6 Å². The van der Waals surface area contributed by atoms with E-state index in [1.54, 1.807) is 0 Å². The number of aryl methyl sites for hydroxylation is 1. The van der Waals surface area contributed by atoms with Gasteiger partial charge in [0.05, 0.1) is 28.5 Å². The third kappa shape index (κ3) is 5.99. The lowest BCUT2D eigenvalue weighted by Crippen LogP contribution is -2.29. The fraction of sp³-hybridized carbons (Fsp3) is 0.324. The number of rotatable bonds is 9. The number of aromatic nitrogens is 2. The topological polar surface area (TPSA) is 65.4 Å². The minimum Gasteiger partial charge on any atom is -0.372 e. The van der Waals surface area contributed by atoms with Gasteiger partial charge >= 0.3 is 0 Å². The summed E-state index contributed by atoms with van der Waals surface area (Å²) >= 11 is 12.7. The van der Waals surface area contributed by atoms with Crippen molar-refractivity contribution in [3.8, 4) is 5.69 Å². The first-order valence-electron chi connectivity index (χ1n) is 14.8. The van der Waals surface area contributed by atoms with Crippen LogP contribution >= 0.6 is 23.8 Å². The van der Waals surface area contributed by atoms with Gasteiger partial charge in [-0.2, -0.15) is 0 Å². The fourth-order valence-electron chi connectivity index (χ4n) is 5.87. The van der Waals surface area contributed by atoms with Gasteiger partial charge < -0.3 is 25.0 Å². The van der Waals surface area contributed by atoms with E-state index in [1.807, 2.05) is 56.4 Å². The molecule has 2 aromatic heterocycles. The molecule has 1 aliphatic heterocycles. The van der Waals surface area contributed by atoms with Gasteiger partial charge in [-0.15, -0.1) is 0 Å². The first-order valence-corrected chi connectivity index (χ1v) is 15.6. The van der Waals surface area contributed by atoms with Crippen LogP contribution in [0.1, 0.15) is 62.4 Å². The minimum atomic E-state index is -0.190. The molecule has 0 saturated carbocycles. The Kier molecular flexibility index (Phi) is 9.08. The molecule has 7 nitrogen and oxygen atoms in total. The van der Waals surface area contributed by atoms with Crippen molar-refractivity contribution in [2.75, 3.05) is 28.2 Å². The lowest BCUT2D eigenvalue weighted by atomic mass is 9.96. The van der Waals surface area contributed by atoms with Crippen LogP contribution in [-0.4, -0.2) is 33.7 Å². The number of anilines is 3. The molecule has 2 atom stereocenters. The second-order valence-electron chi connectivity index (χ2n) is 11.2. The van der Waals surface area contributed by atoms with Gasteiger partial charge in [0.1, 0.15) is 0 Å². The second-order valence-corrected chi connectivity index (χ2v) is 11.9. The minimum absolute atomic E-state index is 0.0846. The number of hydrogen-bond acceptors (Lipinski definition) is 4. The number of thiocarbonyl (C=S) groups is 1. The molecular formula is C34H39ClN6OS. The number of carbonyl (C=O) groups is 1. The first-order chi connectivity index (χ1) is 20.6. The summed E-state index contributed by atoms with van der Waals surface area (Å²) in [6.45, 7) is 14.3. The summed E-state index contributed by atoms with van der Waals surface area (Å²) in [5.74, 6) is -0.239. The summed E-state index contributed by atoms with van der Waals surface area (Å²) < 4.78 is 2.30. The van der Waals surface area contributed by atoms with E-state index in [2.05, 4.69) is 83.0 Å². The van der Waals surface area contributed by atoms with E-state index in [4.69, 9.17) is 28.8 Å². The van der Waals surface area contributed by atoms with Gasteiger partial charge in [0.2, 0.25) is 5.91 Å². The number of carbonyl (C=O) groups excluding carboxylic acids is 1. The smallest absolute Gasteiger partial charge is 0.226 e. The third-order valence-electron chi connectivity index (χ3n) is 8.14. The standard InChI is InChI=1S/C34H39ClN6OS/c1-7-39(8-2)24-12-14-25(15-13-24)40-22(5)19-27(23(40)6)32-31(30-11-9-10-18-36-30)38-34(43)41(32)26-16-17-29(28(35)20-26)37-33(42)21(3)4/h9-21,31-32H,7-8H2,1-6H3,(H,37,42)(H,38,43)/t31-,32-/m0/s1.